The Morgan fingerprint density at radius 3 is 2.81 bits per heavy atom. The molecule has 4 atom stereocenters. The summed E-state index contributed by atoms with van der Waals surface area (Å²) in [4.78, 5) is 2.83. The van der Waals surface area contributed by atoms with Gasteiger partial charge in [-0.1, -0.05) is 25.1 Å². The van der Waals surface area contributed by atoms with E-state index in [1.807, 2.05) is 0 Å². The van der Waals surface area contributed by atoms with Gasteiger partial charge in [-0.15, -0.1) is 0 Å². The second-order valence-corrected chi connectivity index (χ2v) is 7.41. The Hall–Kier alpha value is -1.02. The molecule has 1 aliphatic carbocycles. The predicted molar refractivity (Wildman–Crippen MR) is 88.5 cm³/mol. The first-order valence-corrected chi connectivity index (χ1v) is 8.88. The average molecular weight is 284 g/mol. The lowest BCUT2D eigenvalue weighted by atomic mass is 9.59. The van der Waals surface area contributed by atoms with Crippen molar-refractivity contribution in [1.29, 1.82) is 0 Å². The number of piperidine rings is 1. The van der Waals surface area contributed by atoms with Gasteiger partial charge in [0, 0.05) is 17.8 Å². The fraction of sp³-hybridized carbons (Fsp3) is 0.684. The summed E-state index contributed by atoms with van der Waals surface area (Å²) in [5.41, 5.74) is 1.94. The van der Waals surface area contributed by atoms with Crippen LogP contribution in [0.5, 0.6) is 0 Å². The number of para-hydroxylation sites is 1. The molecule has 0 radical (unpaired) electrons. The van der Waals surface area contributed by atoms with Crippen LogP contribution in [0.15, 0.2) is 30.3 Å². The fourth-order valence-corrected chi connectivity index (χ4v) is 5.60. The Morgan fingerprint density at radius 2 is 2.00 bits per heavy atom. The summed E-state index contributed by atoms with van der Waals surface area (Å²) < 4.78 is 0. The number of hydrogen-bond donors (Lipinski definition) is 1. The van der Waals surface area contributed by atoms with Gasteiger partial charge < -0.3 is 5.32 Å². The number of rotatable bonds is 3. The maximum absolute atomic E-state index is 3.86. The van der Waals surface area contributed by atoms with E-state index in [0.717, 1.165) is 12.0 Å². The largest absolute Gasteiger partial charge is 0.382 e. The molecule has 4 rings (SSSR count). The fourth-order valence-electron chi connectivity index (χ4n) is 5.60. The second kappa shape index (κ2) is 5.31. The van der Waals surface area contributed by atoms with Crippen LogP contribution in [0, 0.1) is 11.3 Å². The van der Waals surface area contributed by atoms with E-state index >= 15 is 0 Å². The van der Waals surface area contributed by atoms with Crippen molar-refractivity contribution in [2.24, 2.45) is 11.3 Å². The first-order valence-electron chi connectivity index (χ1n) is 8.88. The maximum Gasteiger partial charge on any atom is 0.0342 e. The highest BCUT2D eigenvalue weighted by atomic mass is 15.2. The predicted octanol–water partition coefficient (Wildman–Crippen LogP) is 4.14. The third-order valence-electron chi connectivity index (χ3n) is 6.60. The minimum Gasteiger partial charge on any atom is -0.382 e. The molecule has 1 aromatic rings. The molecule has 1 saturated carbocycles. The molecule has 2 nitrogen and oxygen atoms in total. The molecule has 0 amide bonds. The van der Waals surface area contributed by atoms with Crippen LogP contribution in [-0.4, -0.2) is 30.1 Å². The van der Waals surface area contributed by atoms with E-state index in [1.54, 1.807) is 0 Å². The second-order valence-electron chi connectivity index (χ2n) is 7.41. The van der Waals surface area contributed by atoms with Crippen molar-refractivity contribution in [3.8, 4) is 0 Å². The Kier molecular flexibility index (Phi) is 3.45. The Bertz CT molecular complexity index is 486. The van der Waals surface area contributed by atoms with Crippen LogP contribution in [0.3, 0.4) is 0 Å². The van der Waals surface area contributed by atoms with Crippen molar-refractivity contribution in [1.82, 2.24) is 4.90 Å². The summed E-state index contributed by atoms with van der Waals surface area (Å²) in [6, 6.07) is 12.4. The lowest BCUT2D eigenvalue weighted by molar-refractivity contribution is -0.0195. The molecule has 21 heavy (non-hydrogen) atoms. The van der Waals surface area contributed by atoms with Crippen molar-refractivity contribution >= 4 is 5.69 Å². The van der Waals surface area contributed by atoms with E-state index in [1.165, 1.54) is 57.3 Å². The normalized spacial score (nSPS) is 39.0. The summed E-state index contributed by atoms with van der Waals surface area (Å²) in [6.07, 6.45) is 8.45. The molecular weight excluding hydrogens is 256 g/mol. The average Bonchev–Trinajstić information content (AvgIpc) is 2.98. The van der Waals surface area contributed by atoms with E-state index in [2.05, 4.69) is 47.5 Å². The molecule has 0 bridgehead atoms. The van der Waals surface area contributed by atoms with Crippen molar-refractivity contribution in [2.75, 3.05) is 18.4 Å². The zero-order chi connectivity index (χ0) is 14.3. The Balaban J connectivity index is 1.57. The molecule has 1 N–H and O–H groups in total. The van der Waals surface area contributed by atoms with E-state index in [-0.39, 0.29) is 0 Å². The molecule has 0 spiro atoms. The van der Waals surface area contributed by atoms with E-state index in [4.69, 9.17) is 0 Å². The molecule has 1 aromatic carbocycles. The smallest absolute Gasteiger partial charge is 0.0342 e. The van der Waals surface area contributed by atoms with Crippen molar-refractivity contribution in [3.63, 3.8) is 0 Å². The van der Waals surface area contributed by atoms with Gasteiger partial charge in [-0.05, 0) is 75.1 Å². The minimum atomic E-state index is 0.633. The van der Waals surface area contributed by atoms with E-state index < -0.39 is 0 Å². The molecule has 2 heterocycles. The monoisotopic (exact) mass is 284 g/mol. The van der Waals surface area contributed by atoms with Crippen molar-refractivity contribution < 1.29 is 0 Å². The third kappa shape index (κ3) is 2.19. The van der Waals surface area contributed by atoms with Crippen LogP contribution in [0.2, 0.25) is 0 Å². The van der Waals surface area contributed by atoms with Crippen molar-refractivity contribution in [3.05, 3.63) is 30.3 Å². The van der Waals surface area contributed by atoms with Gasteiger partial charge in [0.05, 0.1) is 0 Å². The van der Waals surface area contributed by atoms with Gasteiger partial charge in [-0.25, -0.2) is 0 Å². The molecule has 0 aromatic heterocycles. The summed E-state index contributed by atoms with van der Waals surface area (Å²) in [5, 5.41) is 3.86. The van der Waals surface area contributed by atoms with Crippen LogP contribution >= 0.6 is 0 Å². The van der Waals surface area contributed by atoms with Gasteiger partial charge in [0.1, 0.15) is 0 Å². The van der Waals surface area contributed by atoms with Crippen LogP contribution in [0.4, 0.5) is 5.69 Å². The van der Waals surface area contributed by atoms with E-state index in [9.17, 15) is 0 Å². The summed E-state index contributed by atoms with van der Waals surface area (Å²) in [7, 11) is 0. The summed E-state index contributed by atoms with van der Waals surface area (Å²) >= 11 is 0. The first-order chi connectivity index (χ1) is 10.3. The Labute approximate surface area is 128 Å². The standard InChI is InChI=1S/C19H28N2/c1-2-19-11-6-13-21-14-10-16(18(19)21)17(9-12-19)20-15-7-4-3-5-8-15/h3-5,7-8,16-18,20H,2,6,9-14H2,1H3/t16-,17+,18-,19+/m0/s1. The SMILES string of the molecule is CC[C@]12CCCN3CC[C@H]([C@H]31)[C@H](Nc1ccccc1)CC2. The summed E-state index contributed by atoms with van der Waals surface area (Å²) in [6.45, 7) is 5.12. The van der Waals surface area contributed by atoms with Gasteiger partial charge in [0.15, 0.2) is 0 Å². The van der Waals surface area contributed by atoms with Crippen LogP contribution in [0.25, 0.3) is 0 Å². The van der Waals surface area contributed by atoms with E-state index in [0.29, 0.717) is 11.5 Å². The van der Waals surface area contributed by atoms with Gasteiger partial charge in [0.2, 0.25) is 0 Å². The van der Waals surface area contributed by atoms with Crippen LogP contribution in [-0.2, 0) is 0 Å². The Morgan fingerprint density at radius 1 is 1.14 bits per heavy atom. The molecule has 114 valence electrons. The molecule has 3 fully saturated rings. The highest BCUT2D eigenvalue weighted by molar-refractivity contribution is 5.44. The highest BCUT2D eigenvalue weighted by Gasteiger charge is 2.54. The van der Waals surface area contributed by atoms with Crippen LogP contribution < -0.4 is 5.32 Å². The molecular formula is C19H28N2. The first kappa shape index (κ1) is 13.6. The molecule has 3 aliphatic rings. The maximum atomic E-state index is 3.86. The lowest BCUT2D eigenvalue weighted by Crippen LogP contribution is -2.57. The number of nitrogens with one attached hydrogen (secondary N) is 1. The molecule has 2 heteroatoms. The minimum absolute atomic E-state index is 0.633. The number of nitrogens with zero attached hydrogens (tertiary/aromatic N) is 1. The highest BCUT2D eigenvalue weighted by Crippen LogP contribution is 2.54. The molecule has 2 saturated heterocycles. The van der Waals surface area contributed by atoms with Gasteiger partial charge in [-0.2, -0.15) is 0 Å². The number of hydrogen-bond acceptors (Lipinski definition) is 2. The zero-order valence-corrected chi connectivity index (χ0v) is 13.2. The topological polar surface area (TPSA) is 15.3 Å². The van der Waals surface area contributed by atoms with Crippen LogP contribution in [0.1, 0.15) is 45.4 Å². The number of anilines is 1. The van der Waals surface area contributed by atoms with Gasteiger partial charge in [0.25, 0.3) is 0 Å². The molecule has 2 aliphatic heterocycles. The summed E-state index contributed by atoms with van der Waals surface area (Å²) in [5.74, 6) is 0.860. The lowest BCUT2D eigenvalue weighted by Gasteiger charge is -2.54. The molecule has 0 unspecified atom stereocenters. The zero-order valence-electron chi connectivity index (χ0n) is 13.2. The van der Waals surface area contributed by atoms with Gasteiger partial charge in [-0.3, -0.25) is 4.90 Å². The third-order valence-corrected chi connectivity index (χ3v) is 6.60. The quantitative estimate of drug-likeness (QED) is 0.897. The van der Waals surface area contributed by atoms with Gasteiger partial charge >= 0.3 is 0 Å². The van der Waals surface area contributed by atoms with Crippen molar-refractivity contribution in [2.45, 2.75) is 57.5 Å². The number of benzene rings is 1.